The van der Waals surface area contributed by atoms with Gasteiger partial charge in [0.1, 0.15) is 5.54 Å². The van der Waals surface area contributed by atoms with E-state index in [9.17, 15) is 14.7 Å². The molecular weight excluding hydrogens is 370 g/mol. The highest BCUT2D eigenvalue weighted by Gasteiger charge is 2.65. The normalized spacial score (nSPS) is 31.1. The molecule has 0 bridgehead atoms. The minimum absolute atomic E-state index is 0.172. The second-order valence-electron chi connectivity index (χ2n) is 8.01. The number of benzene rings is 1. The van der Waals surface area contributed by atoms with Gasteiger partial charge in [-0.15, -0.1) is 0 Å². The Balaban J connectivity index is 1.45. The Morgan fingerprint density at radius 3 is 2.63 bits per heavy atom. The van der Waals surface area contributed by atoms with Crippen LogP contribution in [0.2, 0.25) is 5.02 Å². The first-order valence-corrected chi connectivity index (χ1v) is 9.73. The number of piperazine rings is 1. The maximum Gasteiger partial charge on any atom is 0.252 e. The number of halogens is 1. The molecule has 4 aliphatic heterocycles. The van der Waals surface area contributed by atoms with Crippen molar-refractivity contribution in [3.63, 3.8) is 0 Å². The van der Waals surface area contributed by atoms with Gasteiger partial charge >= 0.3 is 0 Å². The molecule has 1 aromatic carbocycles. The average Bonchev–Trinajstić information content (AvgIpc) is 2.95. The number of hydrogen-bond donors (Lipinski definition) is 1. The number of fused-ring (bicyclic) bond motifs is 2. The molecule has 2 amide bonds. The summed E-state index contributed by atoms with van der Waals surface area (Å²) in [6.07, 6.45) is -0.204. The van der Waals surface area contributed by atoms with Gasteiger partial charge in [-0.2, -0.15) is 0 Å². The Bertz CT molecular complexity index is 793. The number of hydrogen-bond acceptors (Lipinski definition) is 6. The molecule has 144 valence electrons. The van der Waals surface area contributed by atoms with Crippen molar-refractivity contribution in [2.75, 3.05) is 32.8 Å². The number of carbonyl (C=O) groups excluding carboxylic acids is 2. The van der Waals surface area contributed by atoms with E-state index in [1.807, 2.05) is 23.1 Å². The Morgan fingerprint density at radius 1 is 1.22 bits per heavy atom. The first-order valence-electron chi connectivity index (χ1n) is 9.35. The van der Waals surface area contributed by atoms with Crippen LogP contribution in [0.1, 0.15) is 12.0 Å². The third-order valence-corrected chi connectivity index (χ3v) is 6.74. The van der Waals surface area contributed by atoms with Crippen molar-refractivity contribution < 1.29 is 19.4 Å². The molecule has 4 saturated heterocycles. The molecule has 5 rings (SSSR count). The lowest BCUT2D eigenvalue weighted by Crippen LogP contribution is -2.83. The minimum Gasteiger partial charge on any atom is -0.392 e. The van der Waals surface area contributed by atoms with Crippen LogP contribution in [0.15, 0.2) is 24.3 Å². The van der Waals surface area contributed by atoms with Gasteiger partial charge in [-0.3, -0.25) is 24.3 Å². The van der Waals surface area contributed by atoms with E-state index in [0.29, 0.717) is 50.3 Å². The van der Waals surface area contributed by atoms with Gasteiger partial charge in [0, 0.05) is 24.7 Å². The fourth-order valence-corrected chi connectivity index (χ4v) is 4.95. The lowest BCUT2D eigenvalue weighted by atomic mass is 9.81. The second-order valence-corrected chi connectivity index (χ2v) is 8.41. The Hall–Kier alpha value is -1.51. The predicted molar refractivity (Wildman–Crippen MR) is 97.0 cm³/mol. The molecule has 4 fully saturated rings. The third-order valence-electron chi connectivity index (χ3n) is 6.38. The maximum absolute atomic E-state index is 13.5. The van der Waals surface area contributed by atoms with Crippen molar-refractivity contribution in [3.8, 4) is 0 Å². The van der Waals surface area contributed by atoms with Crippen LogP contribution in [0, 0.1) is 0 Å². The van der Waals surface area contributed by atoms with E-state index in [1.54, 1.807) is 6.07 Å². The summed E-state index contributed by atoms with van der Waals surface area (Å²) in [5.74, 6) is -0.401. The highest BCUT2D eigenvalue weighted by molar-refractivity contribution is 6.31. The van der Waals surface area contributed by atoms with Crippen molar-refractivity contribution in [1.82, 2.24) is 14.7 Å². The summed E-state index contributed by atoms with van der Waals surface area (Å²) < 4.78 is 5.27. The minimum atomic E-state index is -0.729. The van der Waals surface area contributed by atoms with Gasteiger partial charge in [-0.1, -0.05) is 29.8 Å². The van der Waals surface area contributed by atoms with Crippen LogP contribution in [0.25, 0.3) is 0 Å². The number of aliphatic hydroxyl groups excluding tert-OH is 1. The van der Waals surface area contributed by atoms with Crippen molar-refractivity contribution in [2.24, 2.45) is 0 Å². The summed E-state index contributed by atoms with van der Waals surface area (Å²) >= 11 is 6.26. The van der Waals surface area contributed by atoms with Gasteiger partial charge in [-0.05, 0) is 18.1 Å². The van der Waals surface area contributed by atoms with Crippen molar-refractivity contribution in [3.05, 3.63) is 34.9 Å². The number of amides is 2. The van der Waals surface area contributed by atoms with Gasteiger partial charge in [0.25, 0.3) is 5.91 Å². The first kappa shape index (κ1) is 17.6. The number of nitrogens with zero attached hydrogens (tertiary/aromatic N) is 3. The van der Waals surface area contributed by atoms with Gasteiger partial charge < -0.3 is 9.84 Å². The lowest BCUT2D eigenvalue weighted by Gasteiger charge is -2.61. The summed E-state index contributed by atoms with van der Waals surface area (Å²) in [6.45, 7) is 3.09. The van der Waals surface area contributed by atoms with E-state index in [0.717, 1.165) is 5.56 Å². The molecule has 0 unspecified atom stereocenters. The maximum atomic E-state index is 13.5. The molecule has 2 atom stereocenters. The van der Waals surface area contributed by atoms with E-state index in [-0.39, 0.29) is 18.4 Å². The molecule has 7 nitrogen and oxygen atoms in total. The van der Waals surface area contributed by atoms with Crippen molar-refractivity contribution in [2.45, 2.75) is 36.7 Å². The van der Waals surface area contributed by atoms with Crippen LogP contribution in [0.4, 0.5) is 0 Å². The zero-order chi connectivity index (χ0) is 18.8. The van der Waals surface area contributed by atoms with Crippen LogP contribution in [-0.2, 0) is 20.9 Å². The SMILES string of the molecule is O=C1[C@@H]2C[C@@H](O)CN2C2(CN(C3COC3)C2)C(=O)N1Cc1ccccc1Cl. The molecule has 0 aliphatic carbocycles. The number of rotatable bonds is 3. The van der Waals surface area contributed by atoms with E-state index < -0.39 is 17.7 Å². The molecule has 1 spiro atoms. The monoisotopic (exact) mass is 391 g/mol. The van der Waals surface area contributed by atoms with E-state index in [2.05, 4.69) is 4.90 Å². The number of ether oxygens (including phenoxy) is 1. The van der Waals surface area contributed by atoms with E-state index >= 15 is 0 Å². The Morgan fingerprint density at radius 2 is 1.96 bits per heavy atom. The molecule has 1 N–H and O–H groups in total. The largest absolute Gasteiger partial charge is 0.392 e. The molecule has 27 heavy (non-hydrogen) atoms. The summed E-state index contributed by atoms with van der Waals surface area (Å²) in [5, 5.41) is 10.7. The fourth-order valence-electron chi connectivity index (χ4n) is 4.76. The van der Waals surface area contributed by atoms with Crippen LogP contribution in [0.3, 0.4) is 0 Å². The zero-order valence-corrected chi connectivity index (χ0v) is 15.6. The van der Waals surface area contributed by atoms with Gasteiger partial charge in [0.15, 0.2) is 0 Å². The summed E-state index contributed by atoms with van der Waals surface area (Å²) in [7, 11) is 0. The fraction of sp³-hybridized carbons (Fsp3) is 0.579. The standard InChI is InChI=1S/C19H22ClN3O4/c20-15-4-2-1-3-12(15)6-22-17(25)16-5-14(24)7-23(16)19(18(22)26)10-21(11-19)13-8-27-9-13/h1-4,13-14,16,24H,5-11H2/t14-,16+/m1/s1. The average molecular weight is 392 g/mol. The molecular formula is C19H22ClN3O4. The number of likely N-dealkylation sites (tertiary alicyclic amines) is 1. The van der Waals surface area contributed by atoms with Crippen LogP contribution in [-0.4, -0.2) is 88.2 Å². The topological polar surface area (TPSA) is 73.3 Å². The molecule has 1 aromatic rings. The van der Waals surface area contributed by atoms with E-state index in [4.69, 9.17) is 16.3 Å². The van der Waals surface area contributed by atoms with Crippen LogP contribution < -0.4 is 0 Å². The van der Waals surface area contributed by atoms with Crippen molar-refractivity contribution in [1.29, 1.82) is 0 Å². The number of imide groups is 1. The molecule has 8 heteroatoms. The van der Waals surface area contributed by atoms with Crippen LogP contribution in [0.5, 0.6) is 0 Å². The quantitative estimate of drug-likeness (QED) is 0.737. The lowest BCUT2D eigenvalue weighted by molar-refractivity contribution is -0.193. The highest BCUT2D eigenvalue weighted by atomic mass is 35.5. The Labute approximate surface area is 162 Å². The summed E-state index contributed by atoms with van der Waals surface area (Å²) in [6, 6.07) is 7.18. The van der Waals surface area contributed by atoms with Gasteiger partial charge in [0.2, 0.25) is 5.91 Å². The summed E-state index contributed by atoms with van der Waals surface area (Å²) in [4.78, 5) is 32.1. The third kappa shape index (κ3) is 2.57. The summed E-state index contributed by atoms with van der Waals surface area (Å²) in [5.41, 5.74) is 0.0268. The smallest absolute Gasteiger partial charge is 0.252 e. The molecule has 4 heterocycles. The first-order chi connectivity index (χ1) is 13.0. The number of β-amino-alcohol motifs (C(OH)–C–C–N with tert-alkyl or cyclic N) is 1. The van der Waals surface area contributed by atoms with Crippen molar-refractivity contribution >= 4 is 23.4 Å². The number of aliphatic hydroxyl groups is 1. The Kier molecular flexibility index (Phi) is 4.07. The zero-order valence-electron chi connectivity index (χ0n) is 14.9. The molecule has 0 saturated carbocycles. The van der Waals surface area contributed by atoms with E-state index in [1.165, 1.54) is 4.90 Å². The van der Waals surface area contributed by atoms with Gasteiger partial charge in [0.05, 0.1) is 37.9 Å². The van der Waals surface area contributed by atoms with Gasteiger partial charge in [-0.25, -0.2) is 0 Å². The highest BCUT2D eigenvalue weighted by Crippen LogP contribution is 2.42. The second kappa shape index (κ2) is 6.25. The predicted octanol–water partition coefficient (Wildman–Crippen LogP) is 0.0972. The molecule has 4 aliphatic rings. The molecule has 0 radical (unpaired) electrons. The molecule has 0 aromatic heterocycles. The van der Waals surface area contributed by atoms with Crippen LogP contribution >= 0.6 is 11.6 Å². The number of carbonyl (C=O) groups is 2.